The highest BCUT2D eigenvalue weighted by Gasteiger charge is 2.18. The predicted octanol–water partition coefficient (Wildman–Crippen LogP) is 2.31. The Balaban J connectivity index is 2.07. The lowest BCUT2D eigenvalue weighted by Crippen LogP contribution is -2.19. The summed E-state index contributed by atoms with van der Waals surface area (Å²) in [4.78, 5) is 0. The fourth-order valence-corrected chi connectivity index (χ4v) is 1.74. The van der Waals surface area contributed by atoms with Crippen LogP contribution in [0.4, 0.5) is 4.39 Å². The highest BCUT2D eigenvalue weighted by molar-refractivity contribution is 5.46. The van der Waals surface area contributed by atoms with E-state index in [4.69, 9.17) is 10.5 Å². The summed E-state index contributed by atoms with van der Waals surface area (Å²) in [6, 6.07) is 4.41. The third-order valence-corrected chi connectivity index (χ3v) is 2.97. The first-order chi connectivity index (χ1) is 8.29. The second-order valence-corrected chi connectivity index (χ2v) is 4.25. The molecule has 1 aliphatic carbocycles. The fraction of sp³-hybridized carbons (Fsp3) is 0.429. The van der Waals surface area contributed by atoms with Crippen molar-refractivity contribution in [2.45, 2.75) is 19.3 Å². The summed E-state index contributed by atoms with van der Waals surface area (Å²) in [6.07, 6.45) is 3.74. The molecule has 0 aliphatic heterocycles. The molecule has 0 radical (unpaired) electrons. The van der Waals surface area contributed by atoms with Crippen molar-refractivity contribution in [2.24, 2.45) is 11.7 Å². The zero-order valence-electron chi connectivity index (χ0n) is 9.71. The molecular formula is C14H16FNO. The van der Waals surface area contributed by atoms with Gasteiger partial charge >= 0.3 is 0 Å². The van der Waals surface area contributed by atoms with Crippen LogP contribution in [0.2, 0.25) is 0 Å². The lowest BCUT2D eigenvalue weighted by Gasteiger charge is -2.25. The van der Waals surface area contributed by atoms with Crippen LogP contribution in [0.1, 0.15) is 24.8 Å². The Morgan fingerprint density at radius 1 is 1.41 bits per heavy atom. The second-order valence-electron chi connectivity index (χ2n) is 4.25. The van der Waals surface area contributed by atoms with Crippen LogP contribution >= 0.6 is 0 Å². The zero-order valence-corrected chi connectivity index (χ0v) is 9.71. The lowest BCUT2D eigenvalue weighted by molar-refractivity contribution is 0.180. The topological polar surface area (TPSA) is 35.2 Å². The Kier molecular flexibility index (Phi) is 4.00. The van der Waals surface area contributed by atoms with Crippen LogP contribution in [0, 0.1) is 23.6 Å². The van der Waals surface area contributed by atoms with Gasteiger partial charge in [-0.1, -0.05) is 18.3 Å². The number of hydrogen-bond donors (Lipinski definition) is 1. The maximum Gasteiger partial charge on any atom is 0.135 e. The summed E-state index contributed by atoms with van der Waals surface area (Å²) in [5.74, 6) is 6.55. The zero-order chi connectivity index (χ0) is 12.1. The minimum atomic E-state index is -0.303. The predicted molar refractivity (Wildman–Crippen MR) is 65.2 cm³/mol. The van der Waals surface area contributed by atoms with Crippen LogP contribution in [-0.2, 0) is 0 Å². The number of nitrogens with two attached hydrogens (primary N) is 1. The van der Waals surface area contributed by atoms with Crippen molar-refractivity contribution >= 4 is 0 Å². The average molecular weight is 233 g/mol. The van der Waals surface area contributed by atoms with Gasteiger partial charge in [0, 0.05) is 0 Å². The van der Waals surface area contributed by atoms with E-state index in [9.17, 15) is 4.39 Å². The normalized spacial score (nSPS) is 14.7. The molecule has 2 N–H and O–H groups in total. The molecule has 0 unspecified atom stereocenters. The van der Waals surface area contributed by atoms with E-state index in [1.807, 2.05) is 0 Å². The monoisotopic (exact) mass is 233 g/mol. The van der Waals surface area contributed by atoms with E-state index in [1.165, 1.54) is 31.4 Å². The van der Waals surface area contributed by atoms with E-state index >= 15 is 0 Å². The lowest BCUT2D eigenvalue weighted by atomic mass is 9.86. The summed E-state index contributed by atoms with van der Waals surface area (Å²) in [6.45, 7) is 0.960. The van der Waals surface area contributed by atoms with E-state index in [-0.39, 0.29) is 12.4 Å². The molecule has 2 nitrogen and oxygen atoms in total. The number of ether oxygens (including phenoxy) is 1. The van der Waals surface area contributed by atoms with Gasteiger partial charge in [-0.3, -0.25) is 0 Å². The summed E-state index contributed by atoms with van der Waals surface area (Å²) >= 11 is 0. The van der Waals surface area contributed by atoms with Gasteiger partial charge in [0.1, 0.15) is 11.6 Å². The van der Waals surface area contributed by atoms with Gasteiger partial charge in [0.05, 0.1) is 18.7 Å². The molecule has 0 spiro atoms. The van der Waals surface area contributed by atoms with Gasteiger partial charge in [0.25, 0.3) is 0 Å². The molecule has 1 aromatic rings. The van der Waals surface area contributed by atoms with Crippen LogP contribution in [0.25, 0.3) is 0 Å². The molecule has 0 heterocycles. The molecule has 0 atom stereocenters. The molecular weight excluding hydrogens is 217 g/mol. The van der Waals surface area contributed by atoms with Gasteiger partial charge in [0.2, 0.25) is 0 Å². The number of halogens is 1. The first kappa shape index (κ1) is 11.9. The van der Waals surface area contributed by atoms with Crippen molar-refractivity contribution in [3.05, 3.63) is 29.6 Å². The quantitative estimate of drug-likeness (QED) is 0.813. The van der Waals surface area contributed by atoms with Crippen LogP contribution in [0.3, 0.4) is 0 Å². The number of benzene rings is 1. The maximum atomic E-state index is 13.1. The fourth-order valence-electron chi connectivity index (χ4n) is 1.74. The van der Waals surface area contributed by atoms with Crippen molar-refractivity contribution in [2.75, 3.05) is 13.2 Å². The van der Waals surface area contributed by atoms with E-state index in [1.54, 1.807) is 6.07 Å². The molecule has 0 amide bonds. The molecule has 90 valence electrons. The van der Waals surface area contributed by atoms with Crippen molar-refractivity contribution in [1.29, 1.82) is 0 Å². The summed E-state index contributed by atoms with van der Waals surface area (Å²) in [5.41, 5.74) is 5.89. The van der Waals surface area contributed by atoms with Gasteiger partial charge in [0.15, 0.2) is 0 Å². The average Bonchev–Trinajstić information content (AvgIpc) is 2.26. The van der Waals surface area contributed by atoms with Crippen LogP contribution < -0.4 is 10.5 Å². The molecule has 0 bridgehead atoms. The minimum Gasteiger partial charge on any atom is -0.492 e. The Morgan fingerprint density at radius 3 is 2.88 bits per heavy atom. The van der Waals surface area contributed by atoms with Crippen LogP contribution in [0.15, 0.2) is 18.2 Å². The highest BCUT2D eigenvalue weighted by atomic mass is 19.1. The molecule has 1 aromatic carbocycles. The van der Waals surface area contributed by atoms with Crippen molar-refractivity contribution < 1.29 is 9.13 Å². The third kappa shape index (κ3) is 3.21. The summed E-state index contributed by atoms with van der Waals surface area (Å²) in [5, 5.41) is 0. The Hall–Kier alpha value is -1.53. The van der Waals surface area contributed by atoms with Crippen LogP contribution in [-0.4, -0.2) is 13.2 Å². The molecule has 17 heavy (non-hydrogen) atoms. The molecule has 3 heteroatoms. The van der Waals surface area contributed by atoms with E-state index in [2.05, 4.69) is 11.8 Å². The SMILES string of the molecule is NCC#Cc1cc(F)ccc1OCC1CCC1. The molecule has 1 aliphatic rings. The summed E-state index contributed by atoms with van der Waals surface area (Å²) in [7, 11) is 0. The Morgan fingerprint density at radius 2 is 2.24 bits per heavy atom. The Bertz CT molecular complexity index is 443. The largest absolute Gasteiger partial charge is 0.492 e. The van der Waals surface area contributed by atoms with Gasteiger partial charge in [-0.15, -0.1) is 0 Å². The van der Waals surface area contributed by atoms with Crippen molar-refractivity contribution in [1.82, 2.24) is 0 Å². The Labute approximate surface area is 101 Å². The molecule has 1 fully saturated rings. The highest BCUT2D eigenvalue weighted by Crippen LogP contribution is 2.28. The molecule has 0 saturated heterocycles. The first-order valence-electron chi connectivity index (χ1n) is 5.91. The van der Waals surface area contributed by atoms with Crippen molar-refractivity contribution in [3.63, 3.8) is 0 Å². The standard InChI is InChI=1S/C14H16FNO/c15-13-6-7-14(12(9-13)5-2-8-16)17-10-11-3-1-4-11/h6-7,9,11H,1,3-4,8,10,16H2. The van der Waals surface area contributed by atoms with Gasteiger partial charge in [-0.25, -0.2) is 4.39 Å². The number of rotatable bonds is 3. The minimum absolute atomic E-state index is 0.262. The maximum absolute atomic E-state index is 13.1. The van der Waals surface area contributed by atoms with Gasteiger partial charge < -0.3 is 10.5 Å². The smallest absolute Gasteiger partial charge is 0.135 e. The van der Waals surface area contributed by atoms with Crippen LogP contribution in [0.5, 0.6) is 5.75 Å². The molecule has 2 rings (SSSR count). The van der Waals surface area contributed by atoms with Crippen molar-refractivity contribution in [3.8, 4) is 17.6 Å². The number of hydrogen-bond acceptors (Lipinski definition) is 2. The summed E-state index contributed by atoms with van der Waals surface area (Å²) < 4.78 is 18.8. The molecule has 1 saturated carbocycles. The van der Waals surface area contributed by atoms with E-state index < -0.39 is 0 Å². The third-order valence-electron chi connectivity index (χ3n) is 2.97. The van der Waals surface area contributed by atoms with Gasteiger partial charge in [-0.2, -0.15) is 0 Å². The second kappa shape index (κ2) is 5.70. The van der Waals surface area contributed by atoms with E-state index in [0.29, 0.717) is 23.8 Å². The first-order valence-corrected chi connectivity index (χ1v) is 5.91. The van der Waals surface area contributed by atoms with Gasteiger partial charge in [-0.05, 0) is 37.0 Å². The molecule has 0 aromatic heterocycles. The van der Waals surface area contributed by atoms with E-state index in [0.717, 1.165) is 0 Å².